The Bertz CT molecular complexity index is 1410. The average molecular weight is 576 g/mol. The van der Waals surface area contributed by atoms with E-state index in [9.17, 15) is 4.79 Å². The number of benzene rings is 1. The van der Waals surface area contributed by atoms with Crippen molar-refractivity contribution in [2.75, 3.05) is 79.4 Å². The molecule has 2 aromatic heterocycles. The SMILES string of the molecule is CCN1C(=O)c2nc(C)sc2N(CC)c2nc(Nc3ccc(N4CCC(N5CCN(C)CC5)CC4)cc3C)ncc21. The number of rotatable bonds is 6. The lowest BCUT2D eigenvalue weighted by Crippen LogP contribution is -2.52. The van der Waals surface area contributed by atoms with Gasteiger partial charge in [0.05, 0.1) is 11.2 Å². The summed E-state index contributed by atoms with van der Waals surface area (Å²) in [6, 6.07) is 7.32. The minimum absolute atomic E-state index is 0.104. The lowest BCUT2D eigenvalue weighted by atomic mass is 10.0. The lowest BCUT2D eigenvalue weighted by molar-refractivity contribution is 0.0982. The van der Waals surface area contributed by atoms with Crippen LogP contribution in [0.5, 0.6) is 0 Å². The van der Waals surface area contributed by atoms with Gasteiger partial charge in [0.2, 0.25) is 5.95 Å². The van der Waals surface area contributed by atoms with Gasteiger partial charge in [-0.15, -0.1) is 11.3 Å². The van der Waals surface area contributed by atoms with Crippen molar-refractivity contribution in [1.29, 1.82) is 0 Å². The first-order chi connectivity index (χ1) is 19.9. The van der Waals surface area contributed by atoms with Gasteiger partial charge < -0.3 is 24.9 Å². The first kappa shape index (κ1) is 27.9. The number of aromatic nitrogens is 3. The highest BCUT2D eigenvalue weighted by Gasteiger charge is 2.34. The highest BCUT2D eigenvalue weighted by Crippen LogP contribution is 2.42. The standard InChI is InChI=1S/C30H41N9OS/c1-6-38-25-19-31-30(34-27(25)39(7-2)29-26(28(38)40)32-21(4)41-29)33-24-9-8-23(18-20(24)3)36-12-10-22(11-13-36)37-16-14-35(5)15-17-37/h8-9,18-19,22H,6-7,10-17H2,1-5H3,(H,31,33,34). The molecule has 3 aromatic rings. The van der Waals surface area contributed by atoms with E-state index in [1.54, 1.807) is 11.1 Å². The molecule has 0 bridgehead atoms. The van der Waals surface area contributed by atoms with E-state index in [1.807, 2.05) is 13.8 Å². The number of carbonyl (C=O) groups excluding carboxylic acids is 1. The Labute approximate surface area is 247 Å². The molecule has 218 valence electrons. The van der Waals surface area contributed by atoms with Gasteiger partial charge in [0.1, 0.15) is 10.7 Å². The number of carbonyl (C=O) groups is 1. The van der Waals surface area contributed by atoms with E-state index in [1.165, 1.54) is 56.0 Å². The second-order valence-corrected chi connectivity index (χ2v) is 12.4. The van der Waals surface area contributed by atoms with E-state index >= 15 is 0 Å². The van der Waals surface area contributed by atoms with Crippen LogP contribution < -0.4 is 20.0 Å². The zero-order chi connectivity index (χ0) is 28.7. The van der Waals surface area contributed by atoms with Crippen molar-refractivity contribution in [3.63, 3.8) is 0 Å². The summed E-state index contributed by atoms with van der Waals surface area (Å²) in [5.41, 5.74) is 4.60. The highest BCUT2D eigenvalue weighted by molar-refractivity contribution is 7.16. The normalized spacial score (nSPS) is 18.9. The van der Waals surface area contributed by atoms with Crippen LogP contribution in [0.25, 0.3) is 0 Å². The minimum atomic E-state index is -0.104. The molecule has 6 rings (SSSR count). The summed E-state index contributed by atoms with van der Waals surface area (Å²) in [6.07, 6.45) is 4.20. The van der Waals surface area contributed by atoms with Gasteiger partial charge in [-0.25, -0.2) is 9.97 Å². The zero-order valence-electron chi connectivity index (χ0n) is 24.9. The molecular formula is C30H41N9OS. The number of anilines is 6. The van der Waals surface area contributed by atoms with Crippen LogP contribution in [0.1, 0.15) is 47.7 Å². The van der Waals surface area contributed by atoms with Crippen molar-refractivity contribution < 1.29 is 4.79 Å². The molecule has 3 aliphatic rings. The van der Waals surface area contributed by atoms with E-state index < -0.39 is 0 Å². The first-order valence-electron chi connectivity index (χ1n) is 14.8. The number of hydrogen-bond donors (Lipinski definition) is 1. The smallest absolute Gasteiger partial charge is 0.280 e. The van der Waals surface area contributed by atoms with E-state index in [-0.39, 0.29) is 5.91 Å². The molecule has 0 saturated carbocycles. The second kappa shape index (κ2) is 11.5. The number of amides is 1. The maximum atomic E-state index is 13.4. The molecule has 5 heterocycles. The topological polar surface area (TPSA) is 84.0 Å². The van der Waals surface area contributed by atoms with Crippen molar-refractivity contribution in [3.8, 4) is 0 Å². The Kier molecular flexibility index (Phi) is 7.84. The number of hydrogen-bond acceptors (Lipinski definition) is 10. The van der Waals surface area contributed by atoms with Crippen molar-refractivity contribution in [2.24, 2.45) is 0 Å². The molecule has 11 heteroatoms. The summed E-state index contributed by atoms with van der Waals surface area (Å²) in [5, 5.41) is 5.16. The number of fused-ring (bicyclic) bond motifs is 2. The maximum absolute atomic E-state index is 13.4. The van der Waals surface area contributed by atoms with Gasteiger partial charge in [0.15, 0.2) is 11.5 Å². The van der Waals surface area contributed by atoms with Gasteiger partial charge in [-0.05, 0) is 71.3 Å². The number of thiazole rings is 1. The van der Waals surface area contributed by atoms with Crippen molar-refractivity contribution >= 4 is 51.1 Å². The van der Waals surface area contributed by atoms with Crippen molar-refractivity contribution in [3.05, 3.63) is 40.7 Å². The monoisotopic (exact) mass is 575 g/mol. The number of nitrogens with zero attached hydrogens (tertiary/aromatic N) is 8. The van der Waals surface area contributed by atoms with Gasteiger partial charge in [-0.1, -0.05) is 0 Å². The molecule has 1 N–H and O–H groups in total. The van der Waals surface area contributed by atoms with Crippen LogP contribution in [0.15, 0.2) is 24.4 Å². The summed E-state index contributed by atoms with van der Waals surface area (Å²) in [5.74, 6) is 1.13. The molecule has 1 aromatic carbocycles. The summed E-state index contributed by atoms with van der Waals surface area (Å²) in [6.45, 7) is 16.2. The third-order valence-electron chi connectivity index (χ3n) is 8.68. The van der Waals surface area contributed by atoms with Crippen LogP contribution in [-0.2, 0) is 0 Å². The molecule has 10 nitrogen and oxygen atoms in total. The molecule has 2 saturated heterocycles. The van der Waals surface area contributed by atoms with E-state index in [2.05, 4.69) is 74.0 Å². The molecule has 0 unspecified atom stereocenters. The predicted octanol–water partition coefficient (Wildman–Crippen LogP) is 4.65. The predicted molar refractivity (Wildman–Crippen MR) is 168 cm³/mol. The number of aryl methyl sites for hydroxylation is 2. The van der Waals surface area contributed by atoms with Crippen LogP contribution in [0.3, 0.4) is 0 Å². The van der Waals surface area contributed by atoms with Gasteiger partial charge in [0, 0.05) is 69.8 Å². The summed E-state index contributed by atoms with van der Waals surface area (Å²) in [7, 11) is 2.22. The number of nitrogens with one attached hydrogen (secondary N) is 1. The average Bonchev–Trinajstić information content (AvgIpc) is 3.33. The fourth-order valence-corrected chi connectivity index (χ4v) is 7.25. The number of piperazine rings is 1. The fourth-order valence-electron chi connectivity index (χ4n) is 6.28. The van der Waals surface area contributed by atoms with Crippen LogP contribution in [-0.4, -0.2) is 96.1 Å². The zero-order valence-corrected chi connectivity index (χ0v) is 25.7. The van der Waals surface area contributed by atoms with Crippen LogP contribution in [0.4, 0.5) is 33.8 Å². The second-order valence-electron chi connectivity index (χ2n) is 11.3. The van der Waals surface area contributed by atoms with Gasteiger partial charge in [-0.3, -0.25) is 9.69 Å². The molecular weight excluding hydrogens is 534 g/mol. The highest BCUT2D eigenvalue weighted by atomic mass is 32.1. The molecule has 41 heavy (non-hydrogen) atoms. The quantitative estimate of drug-likeness (QED) is 0.452. The van der Waals surface area contributed by atoms with Crippen LogP contribution >= 0.6 is 11.3 Å². The Morgan fingerprint density at radius 1 is 0.976 bits per heavy atom. The summed E-state index contributed by atoms with van der Waals surface area (Å²) < 4.78 is 0. The third kappa shape index (κ3) is 5.38. The molecule has 0 spiro atoms. The van der Waals surface area contributed by atoms with Gasteiger partial charge in [0.25, 0.3) is 5.91 Å². The minimum Gasteiger partial charge on any atom is -0.371 e. The molecule has 2 fully saturated rings. The fraction of sp³-hybridized carbons (Fsp3) is 0.533. The third-order valence-corrected chi connectivity index (χ3v) is 9.67. The first-order valence-corrected chi connectivity index (χ1v) is 15.7. The lowest BCUT2D eigenvalue weighted by Gasteiger charge is -2.42. The van der Waals surface area contributed by atoms with E-state index in [0.29, 0.717) is 36.5 Å². The Balaban J connectivity index is 1.19. The molecule has 3 aliphatic heterocycles. The number of likely N-dealkylation sites (N-methyl/N-ethyl adjacent to an activating group) is 1. The van der Waals surface area contributed by atoms with Crippen molar-refractivity contribution in [1.82, 2.24) is 24.8 Å². The van der Waals surface area contributed by atoms with Crippen LogP contribution in [0.2, 0.25) is 0 Å². The molecule has 1 amide bonds. The molecule has 0 radical (unpaired) electrons. The Morgan fingerprint density at radius 3 is 2.39 bits per heavy atom. The van der Waals surface area contributed by atoms with Gasteiger partial charge in [-0.2, -0.15) is 4.98 Å². The van der Waals surface area contributed by atoms with E-state index in [0.717, 1.165) is 40.2 Å². The van der Waals surface area contributed by atoms with Crippen LogP contribution in [0, 0.1) is 13.8 Å². The summed E-state index contributed by atoms with van der Waals surface area (Å²) in [4.78, 5) is 38.9. The van der Waals surface area contributed by atoms with E-state index in [4.69, 9.17) is 4.98 Å². The largest absolute Gasteiger partial charge is 0.371 e. The summed E-state index contributed by atoms with van der Waals surface area (Å²) >= 11 is 1.53. The molecule has 0 atom stereocenters. The van der Waals surface area contributed by atoms with Crippen molar-refractivity contribution in [2.45, 2.75) is 46.6 Å². The Morgan fingerprint density at radius 2 is 1.71 bits per heavy atom. The number of piperidine rings is 1. The van der Waals surface area contributed by atoms with Gasteiger partial charge >= 0.3 is 0 Å². The Hall–Kier alpha value is -3.28. The molecule has 0 aliphatic carbocycles. The maximum Gasteiger partial charge on any atom is 0.280 e.